The summed E-state index contributed by atoms with van der Waals surface area (Å²) in [4.78, 5) is 43.3. The van der Waals surface area contributed by atoms with E-state index < -0.39 is 23.0 Å². The topological polar surface area (TPSA) is 84.9 Å². The molecule has 0 radical (unpaired) electrons. The van der Waals surface area contributed by atoms with Crippen LogP contribution in [0.2, 0.25) is 0 Å². The zero-order chi connectivity index (χ0) is 29.5. The average Bonchev–Trinajstić information content (AvgIpc) is 3.31. The molecule has 3 saturated carbocycles. The molecule has 0 aromatic carbocycles. The molecule has 1 heterocycles. The van der Waals surface area contributed by atoms with Crippen molar-refractivity contribution in [3.05, 3.63) is 0 Å². The fourth-order valence-corrected chi connectivity index (χ4v) is 9.13. The third-order valence-electron chi connectivity index (χ3n) is 11.9. The summed E-state index contributed by atoms with van der Waals surface area (Å²) >= 11 is 0. The van der Waals surface area contributed by atoms with E-state index in [4.69, 9.17) is 9.47 Å². The Bertz CT molecular complexity index is 1050. The number of piperidine rings is 1. The number of nitrogens with zero attached hydrogens (tertiary/aromatic N) is 1. The fraction of sp³-hybridized carbons (Fsp3) is 0.848. The standard InChI is InChI=1S/C33H52N2O5/c1-9-10-11-15-31(5)19-26(40-30(38)34-29(37)24-20-35(7)18-14-21(24)2)32(6)22(3)12-16-33(23(4)28(31)36)17-13-25(39-8)27(32)33/h21-27H,9,12-20H2,1-8H3,(H,34,37,38)/t21-,22+,23-,24-,25?,26+,27?,31+,32-,33?/m0/s1. The first kappa shape index (κ1) is 31.0. The van der Waals surface area contributed by atoms with E-state index in [1.165, 1.54) is 0 Å². The predicted molar refractivity (Wildman–Crippen MR) is 155 cm³/mol. The molecule has 2 bridgehead atoms. The smallest absolute Gasteiger partial charge is 0.414 e. The second-order valence-electron chi connectivity index (χ2n) is 14.1. The zero-order valence-corrected chi connectivity index (χ0v) is 26.1. The second-order valence-corrected chi connectivity index (χ2v) is 14.1. The second kappa shape index (κ2) is 11.8. The Morgan fingerprint density at radius 3 is 2.48 bits per heavy atom. The lowest BCUT2D eigenvalue weighted by atomic mass is 9.44. The van der Waals surface area contributed by atoms with Crippen molar-refractivity contribution in [2.45, 2.75) is 105 Å². The Morgan fingerprint density at radius 1 is 1.10 bits per heavy atom. The van der Waals surface area contributed by atoms with Gasteiger partial charge in [0.25, 0.3) is 0 Å². The first-order valence-corrected chi connectivity index (χ1v) is 15.6. The maximum atomic E-state index is 14.4. The molecule has 7 nitrogen and oxygen atoms in total. The molecule has 0 spiro atoms. The van der Waals surface area contributed by atoms with Crippen LogP contribution < -0.4 is 5.32 Å². The van der Waals surface area contributed by atoms with Gasteiger partial charge in [-0.1, -0.05) is 41.5 Å². The van der Waals surface area contributed by atoms with Gasteiger partial charge in [-0.05, 0) is 69.4 Å². The first-order valence-electron chi connectivity index (χ1n) is 15.6. The molecule has 1 saturated heterocycles. The number of ketones is 1. The van der Waals surface area contributed by atoms with Gasteiger partial charge in [-0.2, -0.15) is 0 Å². The van der Waals surface area contributed by atoms with Gasteiger partial charge in [0.2, 0.25) is 5.91 Å². The Balaban J connectivity index is 1.71. The number of imide groups is 1. The molecule has 10 atom stereocenters. The summed E-state index contributed by atoms with van der Waals surface area (Å²) in [5.41, 5.74) is -1.37. The van der Waals surface area contributed by atoms with Crippen molar-refractivity contribution < 1.29 is 23.9 Å². The van der Waals surface area contributed by atoms with Crippen molar-refractivity contribution in [2.75, 3.05) is 27.2 Å². The van der Waals surface area contributed by atoms with Gasteiger partial charge in [-0.25, -0.2) is 4.79 Å². The molecular formula is C33H52N2O5. The quantitative estimate of drug-likeness (QED) is 0.463. The van der Waals surface area contributed by atoms with E-state index in [0.29, 0.717) is 19.4 Å². The van der Waals surface area contributed by atoms with Crippen LogP contribution >= 0.6 is 0 Å². The molecule has 4 rings (SSSR count). The van der Waals surface area contributed by atoms with Crippen LogP contribution in [0.1, 0.15) is 92.9 Å². The Hall–Kier alpha value is -1.91. The van der Waals surface area contributed by atoms with Gasteiger partial charge in [0, 0.05) is 49.2 Å². The number of hydrogen-bond donors (Lipinski definition) is 1. The van der Waals surface area contributed by atoms with Crippen LogP contribution in [-0.2, 0) is 19.1 Å². The molecular weight excluding hydrogens is 504 g/mol. The van der Waals surface area contributed by atoms with Crippen LogP contribution in [0.3, 0.4) is 0 Å². The number of amides is 2. The van der Waals surface area contributed by atoms with Crippen molar-refractivity contribution in [3.63, 3.8) is 0 Å². The van der Waals surface area contributed by atoms with E-state index in [9.17, 15) is 14.4 Å². The number of Topliss-reactive ketones (excluding diaryl/α,β-unsaturated/α-hetero) is 1. The van der Waals surface area contributed by atoms with E-state index in [1.807, 2.05) is 20.9 Å². The van der Waals surface area contributed by atoms with Crippen LogP contribution in [0.25, 0.3) is 0 Å². The van der Waals surface area contributed by atoms with Gasteiger partial charge in [0.1, 0.15) is 11.9 Å². The third-order valence-corrected chi connectivity index (χ3v) is 11.9. The van der Waals surface area contributed by atoms with E-state index in [2.05, 4.69) is 49.8 Å². The lowest BCUT2D eigenvalue weighted by molar-refractivity contribution is -0.191. The number of alkyl carbamates (subject to hydrolysis) is 1. The van der Waals surface area contributed by atoms with Gasteiger partial charge in [-0.3, -0.25) is 14.9 Å². The van der Waals surface area contributed by atoms with Crippen LogP contribution in [-0.4, -0.2) is 62.1 Å². The molecule has 4 fully saturated rings. The van der Waals surface area contributed by atoms with Crippen molar-refractivity contribution in [1.29, 1.82) is 0 Å². The number of likely N-dealkylation sites (tertiary alicyclic amines) is 1. The molecule has 7 heteroatoms. The number of methoxy groups -OCH3 is 1. The fourth-order valence-electron chi connectivity index (χ4n) is 9.13. The number of carbonyl (C=O) groups is 3. The Morgan fingerprint density at radius 2 is 1.80 bits per heavy atom. The van der Waals surface area contributed by atoms with Gasteiger partial charge in [-0.15, -0.1) is 11.8 Å². The van der Waals surface area contributed by atoms with Gasteiger partial charge < -0.3 is 14.4 Å². The highest BCUT2D eigenvalue weighted by molar-refractivity contribution is 5.93. The Kier molecular flexibility index (Phi) is 9.13. The summed E-state index contributed by atoms with van der Waals surface area (Å²) in [5, 5.41) is 2.60. The van der Waals surface area contributed by atoms with E-state index >= 15 is 0 Å². The number of nitrogens with one attached hydrogen (secondary N) is 1. The van der Waals surface area contributed by atoms with Gasteiger partial charge in [0.15, 0.2) is 0 Å². The average molecular weight is 557 g/mol. The molecule has 1 aliphatic heterocycles. The van der Waals surface area contributed by atoms with Crippen LogP contribution in [0, 0.1) is 57.7 Å². The van der Waals surface area contributed by atoms with E-state index in [1.54, 1.807) is 7.11 Å². The number of hydrogen-bond acceptors (Lipinski definition) is 6. The molecule has 3 aliphatic carbocycles. The molecule has 4 aliphatic rings. The van der Waals surface area contributed by atoms with Crippen molar-refractivity contribution in [1.82, 2.24) is 10.2 Å². The monoisotopic (exact) mass is 556 g/mol. The number of rotatable bonds is 4. The summed E-state index contributed by atoms with van der Waals surface area (Å²) in [6, 6.07) is 0. The van der Waals surface area contributed by atoms with Crippen molar-refractivity contribution in [2.24, 2.45) is 45.8 Å². The minimum Gasteiger partial charge on any atom is -0.445 e. The number of ether oxygens (including phenoxy) is 2. The van der Waals surface area contributed by atoms with E-state index in [-0.39, 0.29) is 52.8 Å². The normalized spacial score (nSPS) is 43.5. The summed E-state index contributed by atoms with van der Waals surface area (Å²) in [6.45, 7) is 14.3. The molecule has 40 heavy (non-hydrogen) atoms. The highest BCUT2D eigenvalue weighted by Gasteiger charge is 2.68. The summed E-state index contributed by atoms with van der Waals surface area (Å²) in [5.74, 6) is 6.52. The van der Waals surface area contributed by atoms with Crippen LogP contribution in [0.5, 0.6) is 0 Å². The van der Waals surface area contributed by atoms with Crippen molar-refractivity contribution >= 4 is 17.8 Å². The molecule has 3 unspecified atom stereocenters. The predicted octanol–water partition coefficient (Wildman–Crippen LogP) is 5.46. The summed E-state index contributed by atoms with van der Waals surface area (Å²) in [7, 11) is 3.78. The molecule has 1 N–H and O–H groups in total. The zero-order valence-electron chi connectivity index (χ0n) is 26.1. The van der Waals surface area contributed by atoms with Crippen molar-refractivity contribution in [3.8, 4) is 11.8 Å². The van der Waals surface area contributed by atoms with Gasteiger partial charge in [0.05, 0.1) is 12.0 Å². The summed E-state index contributed by atoms with van der Waals surface area (Å²) < 4.78 is 12.5. The summed E-state index contributed by atoms with van der Waals surface area (Å²) in [6.07, 6.45) is 5.02. The third kappa shape index (κ3) is 5.24. The van der Waals surface area contributed by atoms with Crippen LogP contribution in [0.15, 0.2) is 0 Å². The van der Waals surface area contributed by atoms with E-state index in [0.717, 1.165) is 45.1 Å². The van der Waals surface area contributed by atoms with Gasteiger partial charge >= 0.3 is 6.09 Å². The van der Waals surface area contributed by atoms with Crippen LogP contribution in [0.4, 0.5) is 4.79 Å². The Labute approximate surface area is 241 Å². The number of carbonyl (C=O) groups excluding carboxylic acids is 3. The molecule has 2 amide bonds. The maximum absolute atomic E-state index is 14.4. The lowest BCUT2D eigenvalue weighted by Crippen LogP contribution is -2.63. The lowest BCUT2D eigenvalue weighted by Gasteiger charge is -2.61. The largest absolute Gasteiger partial charge is 0.445 e. The highest BCUT2D eigenvalue weighted by atomic mass is 16.6. The minimum atomic E-state index is -0.751. The maximum Gasteiger partial charge on any atom is 0.414 e. The highest BCUT2D eigenvalue weighted by Crippen LogP contribution is 2.68. The molecule has 0 aromatic heterocycles. The molecule has 224 valence electrons. The molecule has 0 aromatic rings. The SMILES string of the molecule is CCC#CC[C@]1(C)C[C@@H](OC(=O)NC(=O)[C@H]2CN(C)CC[C@@H]2C)[C@@]2(C)C3C(OC)CCC3(CC[C@H]2C)[C@@H](C)C1=O. The minimum absolute atomic E-state index is 0.00154. The first-order chi connectivity index (χ1) is 18.8.